The lowest BCUT2D eigenvalue weighted by Gasteiger charge is -2.35. The van der Waals surface area contributed by atoms with Crippen molar-refractivity contribution in [1.82, 2.24) is 9.80 Å². The van der Waals surface area contributed by atoms with Crippen LogP contribution in [0.5, 0.6) is 5.75 Å². The molecule has 32 heavy (non-hydrogen) atoms. The summed E-state index contributed by atoms with van der Waals surface area (Å²) in [5, 5.41) is 0. The molecule has 0 spiro atoms. The Morgan fingerprint density at radius 1 is 1.03 bits per heavy atom. The molecule has 5 nitrogen and oxygen atoms in total. The molecule has 0 radical (unpaired) electrons. The Labute approximate surface area is 192 Å². The van der Waals surface area contributed by atoms with Crippen LogP contribution in [0.15, 0.2) is 48.5 Å². The van der Waals surface area contributed by atoms with Gasteiger partial charge in [-0.2, -0.15) is 0 Å². The van der Waals surface area contributed by atoms with Gasteiger partial charge in [0.05, 0.1) is 18.0 Å². The third-order valence-corrected chi connectivity index (χ3v) is 6.23. The van der Waals surface area contributed by atoms with Crippen molar-refractivity contribution in [1.29, 1.82) is 0 Å². The van der Waals surface area contributed by atoms with Gasteiger partial charge in [0, 0.05) is 20.1 Å². The van der Waals surface area contributed by atoms with Crippen molar-refractivity contribution in [2.75, 3.05) is 26.7 Å². The van der Waals surface area contributed by atoms with Crippen LogP contribution >= 0.6 is 0 Å². The van der Waals surface area contributed by atoms with E-state index >= 15 is 0 Å². The van der Waals surface area contributed by atoms with E-state index in [9.17, 15) is 9.59 Å². The molecule has 2 amide bonds. The summed E-state index contributed by atoms with van der Waals surface area (Å²) in [6, 6.07) is 15.5. The molecule has 0 saturated heterocycles. The van der Waals surface area contributed by atoms with Crippen molar-refractivity contribution in [2.24, 2.45) is 5.92 Å². The summed E-state index contributed by atoms with van der Waals surface area (Å²) in [6.45, 7) is 8.07. The molecule has 2 aromatic rings. The molecule has 172 valence electrons. The maximum absolute atomic E-state index is 13.4. The Morgan fingerprint density at radius 3 is 2.44 bits per heavy atom. The van der Waals surface area contributed by atoms with Crippen LogP contribution in [0.1, 0.15) is 54.6 Å². The van der Waals surface area contributed by atoms with E-state index < -0.39 is 0 Å². The zero-order valence-electron chi connectivity index (χ0n) is 19.8. The molecule has 0 bridgehead atoms. The second kappa shape index (κ2) is 11.2. The number of hydrogen-bond donors (Lipinski definition) is 0. The summed E-state index contributed by atoms with van der Waals surface area (Å²) in [6.07, 6.45) is 3.19. The zero-order valence-corrected chi connectivity index (χ0v) is 19.8. The molecular weight excluding hydrogens is 400 g/mol. The summed E-state index contributed by atoms with van der Waals surface area (Å²) in [4.78, 5) is 30.1. The minimum atomic E-state index is -0.0606. The van der Waals surface area contributed by atoms with Crippen molar-refractivity contribution in [3.05, 3.63) is 65.2 Å². The summed E-state index contributed by atoms with van der Waals surface area (Å²) < 4.78 is 6.20. The van der Waals surface area contributed by atoms with Gasteiger partial charge in [-0.1, -0.05) is 55.8 Å². The Bertz CT molecular complexity index is 907. The molecule has 0 fully saturated rings. The Balaban J connectivity index is 1.85. The Kier molecular flexibility index (Phi) is 8.32. The van der Waals surface area contributed by atoms with Crippen LogP contribution < -0.4 is 4.74 Å². The topological polar surface area (TPSA) is 49.9 Å². The molecule has 0 aliphatic carbocycles. The number of rotatable bonds is 3. The number of aryl methyl sites for hydroxylation is 1. The first kappa shape index (κ1) is 23.8. The van der Waals surface area contributed by atoms with Crippen LogP contribution in [0, 0.1) is 12.8 Å². The molecule has 5 heteroatoms. The Hall–Kier alpha value is -2.82. The van der Waals surface area contributed by atoms with Gasteiger partial charge in [-0.3, -0.25) is 9.59 Å². The third kappa shape index (κ3) is 6.12. The second-order valence-electron chi connectivity index (χ2n) is 9.16. The SMILES string of the molecule is Cc1ccc(CC(=O)N2CCCCCN(C)C(=O)c3ccccc3OC[C@@H]2C(C)C)cc1. The predicted molar refractivity (Wildman–Crippen MR) is 128 cm³/mol. The zero-order chi connectivity index (χ0) is 23.1. The van der Waals surface area contributed by atoms with E-state index in [1.807, 2.05) is 48.3 Å². The Morgan fingerprint density at radius 2 is 1.72 bits per heavy atom. The predicted octanol–water partition coefficient (Wildman–Crippen LogP) is 4.73. The fourth-order valence-corrected chi connectivity index (χ4v) is 4.16. The molecule has 1 aliphatic heterocycles. The van der Waals surface area contributed by atoms with Gasteiger partial charge < -0.3 is 14.5 Å². The van der Waals surface area contributed by atoms with Crippen LogP contribution in [0.3, 0.4) is 0 Å². The van der Waals surface area contributed by atoms with Crippen molar-refractivity contribution in [3.63, 3.8) is 0 Å². The molecule has 0 saturated carbocycles. The highest BCUT2D eigenvalue weighted by atomic mass is 16.5. The van der Waals surface area contributed by atoms with Gasteiger partial charge in [-0.05, 0) is 49.8 Å². The maximum Gasteiger partial charge on any atom is 0.257 e. The van der Waals surface area contributed by atoms with Gasteiger partial charge >= 0.3 is 0 Å². The molecule has 1 atom stereocenters. The van der Waals surface area contributed by atoms with Gasteiger partial charge in [0.25, 0.3) is 5.91 Å². The first-order valence-electron chi connectivity index (χ1n) is 11.7. The second-order valence-corrected chi connectivity index (χ2v) is 9.16. The molecule has 2 aromatic carbocycles. The number of benzene rings is 2. The van der Waals surface area contributed by atoms with Crippen LogP contribution in [0.2, 0.25) is 0 Å². The van der Waals surface area contributed by atoms with E-state index in [4.69, 9.17) is 4.74 Å². The number of fused-ring (bicyclic) bond motifs is 1. The lowest BCUT2D eigenvalue weighted by Crippen LogP contribution is -2.47. The lowest BCUT2D eigenvalue weighted by atomic mass is 10.0. The smallest absolute Gasteiger partial charge is 0.257 e. The normalized spacial score (nSPS) is 18.3. The third-order valence-electron chi connectivity index (χ3n) is 6.23. The molecule has 1 aliphatic rings. The number of ether oxygens (including phenoxy) is 1. The number of carbonyl (C=O) groups excluding carboxylic acids is 2. The standard InChI is InChI=1S/C27H36N2O3/c1-20(2)24-19-32-25-11-7-6-10-23(25)27(31)28(4)16-8-5-9-17-29(24)26(30)18-22-14-12-21(3)13-15-22/h6-7,10-15,20,24H,5,8-9,16-19H2,1-4H3/t24-/m1/s1. The molecule has 0 N–H and O–H groups in total. The molecule has 1 heterocycles. The maximum atomic E-state index is 13.4. The highest BCUT2D eigenvalue weighted by Gasteiger charge is 2.28. The average Bonchev–Trinajstić information content (AvgIpc) is 2.78. The lowest BCUT2D eigenvalue weighted by molar-refractivity contribution is -0.134. The number of para-hydroxylation sites is 1. The number of hydrogen-bond acceptors (Lipinski definition) is 3. The van der Waals surface area contributed by atoms with E-state index in [0.717, 1.165) is 24.8 Å². The van der Waals surface area contributed by atoms with Crippen LogP contribution in [0.25, 0.3) is 0 Å². The van der Waals surface area contributed by atoms with Crippen LogP contribution in [-0.4, -0.2) is 54.4 Å². The average molecular weight is 437 g/mol. The van der Waals surface area contributed by atoms with Crippen LogP contribution in [0.4, 0.5) is 0 Å². The largest absolute Gasteiger partial charge is 0.491 e. The van der Waals surface area contributed by atoms with Crippen molar-refractivity contribution < 1.29 is 14.3 Å². The molecular formula is C27H36N2O3. The van der Waals surface area contributed by atoms with Gasteiger partial charge in [0.1, 0.15) is 12.4 Å². The quantitative estimate of drug-likeness (QED) is 0.699. The van der Waals surface area contributed by atoms with E-state index in [2.05, 4.69) is 32.9 Å². The highest BCUT2D eigenvalue weighted by molar-refractivity contribution is 5.96. The summed E-state index contributed by atoms with van der Waals surface area (Å²) in [5.41, 5.74) is 2.80. The summed E-state index contributed by atoms with van der Waals surface area (Å²) in [5.74, 6) is 0.925. The number of carbonyl (C=O) groups is 2. The fraction of sp³-hybridized carbons (Fsp3) is 0.481. The van der Waals surface area contributed by atoms with E-state index in [1.54, 1.807) is 4.90 Å². The highest BCUT2D eigenvalue weighted by Crippen LogP contribution is 2.23. The molecule has 0 unspecified atom stereocenters. The van der Waals surface area contributed by atoms with Crippen molar-refractivity contribution in [3.8, 4) is 5.75 Å². The summed E-state index contributed by atoms with van der Waals surface area (Å²) >= 11 is 0. The van der Waals surface area contributed by atoms with Crippen molar-refractivity contribution >= 4 is 11.8 Å². The fourth-order valence-electron chi connectivity index (χ4n) is 4.16. The van der Waals surface area contributed by atoms with Crippen LogP contribution in [-0.2, 0) is 11.2 Å². The van der Waals surface area contributed by atoms with E-state index in [1.165, 1.54) is 5.56 Å². The number of nitrogens with zero attached hydrogens (tertiary/aromatic N) is 2. The first-order valence-corrected chi connectivity index (χ1v) is 11.7. The van der Waals surface area contributed by atoms with Crippen molar-refractivity contribution in [2.45, 2.75) is 52.5 Å². The summed E-state index contributed by atoms with van der Waals surface area (Å²) in [7, 11) is 1.84. The molecule has 0 aromatic heterocycles. The number of amides is 2. The first-order chi connectivity index (χ1) is 15.4. The minimum Gasteiger partial charge on any atom is -0.491 e. The monoisotopic (exact) mass is 436 g/mol. The minimum absolute atomic E-state index is 0.0201. The van der Waals surface area contributed by atoms with E-state index in [0.29, 0.717) is 37.4 Å². The molecule has 3 rings (SSSR count). The van der Waals surface area contributed by atoms with Gasteiger partial charge in [-0.15, -0.1) is 0 Å². The van der Waals surface area contributed by atoms with Gasteiger partial charge in [-0.25, -0.2) is 0 Å². The van der Waals surface area contributed by atoms with Gasteiger partial charge in [0.15, 0.2) is 0 Å². The van der Waals surface area contributed by atoms with Gasteiger partial charge in [0.2, 0.25) is 5.91 Å². The van der Waals surface area contributed by atoms with E-state index in [-0.39, 0.29) is 23.8 Å².